The molecule has 0 saturated heterocycles. The summed E-state index contributed by atoms with van der Waals surface area (Å²) in [4.78, 5) is 27.7. The Hall–Kier alpha value is -3.15. The first-order valence-electron chi connectivity index (χ1n) is 8.59. The molecule has 0 saturated carbocycles. The number of amides is 1. The highest BCUT2D eigenvalue weighted by Crippen LogP contribution is 2.25. The van der Waals surface area contributed by atoms with E-state index in [1.807, 2.05) is 24.3 Å². The molecule has 0 aliphatic heterocycles. The molecule has 0 radical (unpaired) electrons. The number of hydrogen-bond donors (Lipinski definition) is 2. The Morgan fingerprint density at radius 2 is 1.92 bits per heavy atom. The number of nitrogens with one attached hydrogen (secondary N) is 1. The number of hydrogen-bond acceptors (Lipinski definition) is 4. The maximum atomic E-state index is 12.7. The highest BCUT2D eigenvalue weighted by molar-refractivity contribution is 6.07. The molecule has 6 nitrogen and oxygen atoms in total. The molecule has 0 bridgehead atoms. The largest absolute Gasteiger partial charge is 0.481 e. The molecule has 1 amide bonds. The maximum absolute atomic E-state index is 12.7. The molecule has 3 aromatic rings. The number of fused-ring (bicyclic) bond motifs is 1. The first-order valence-corrected chi connectivity index (χ1v) is 8.59. The number of carboxylic acid groups (broad SMARTS) is 1. The zero-order chi connectivity index (χ0) is 18.4. The molecule has 2 heterocycles. The van der Waals surface area contributed by atoms with Crippen molar-refractivity contribution in [2.75, 3.05) is 6.54 Å². The van der Waals surface area contributed by atoms with Gasteiger partial charge in [0.1, 0.15) is 5.69 Å². The number of para-hydroxylation sites is 1. The molecule has 0 unspecified atom stereocenters. The quantitative estimate of drug-likeness (QED) is 0.600. The number of aromatic nitrogens is 1. The number of carbonyl (C=O) groups excluding carboxylic acids is 1. The number of unbranched alkanes of at least 4 members (excludes halogenated alkanes) is 2. The second kappa shape index (κ2) is 8.29. The van der Waals surface area contributed by atoms with Crippen molar-refractivity contribution in [1.82, 2.24) is 10.3 Å². The Balaban J connectivity index is 1.73. The summed E-state index contributed by atoms with van der Waals surface area (Å²) < 4.78 is 5.41. The van der Waals surface area contributed by atoms with Crippen LogP contribution >= 0.6 is 0 Å². The van der Waals surface area contributed by atoms with Crippen molar-refractivity contribution < 1.29 is 19.1 Å². The Morgan fingerprint density at radius 1 is 1.08 bits per heavy atom. The van der Waals surface area contributed by atoms with Crippen molar-refractivity contribution in [3.8, 4) is 11.5 Å². The summed E-state index contributed by atoms with van der Waals surface area (Å²) in [7, 11) is 0. The summed E-state index contributed by atoms with van der Waals surface area (Å²) in [5.74, 6) is -0.351. The van der Waals surface area contributed by atoms with Gasteiger partial charge in [-0.05, 0) is 37.1 Å². The van der Waals surface area contributed by atoms with Crippen LogP contribution in [0, 0.1) is 0 Å². The summed E-state index contributed by atoms with van der Waals surface area (Å²) in [6.45, 7) is 0.505. The Morgan fingerprint density at radius 3 is 2.69 bits per heavy atom. The van der Waals surface area contributed by atoms with Gasteiger partial charge in [-0.1, -0.05) is 24.6 Å². The third kappa shape index (κ3) is 4.27. The predicted molar refractivity (Wildman–Crippen MR) is 97.9 cm³/mol. The zero-order valence-electron chi connectivity index (χ0n) is 14.3. The number of carboxylic acids is 1. The van der Waals surface area contributed by atoms with E-state index in [0.29, 0.717) is 30.0 Å². The summed E-state index contributed by atoms with van der Waals surface area (Å²) in [5, 5.41) is 12.3. The number of nitrogens with zero attached hydrogens (tertiary/aromatic N) is 1. The number of carbonyl (C=O) groups is 2. The molecule has 3 rings (SSSR count). The lowest BCUT2D eigenvalue weighted by Gasteiger charge is -2.09. The topological polar surface area (TPSA) is 92.4 Å². The van der Waals surface area contributed by atoms with Crippen molar-refractivity contribution in [1.29, 1.82) is 0 Å². The molecule has 2 N–H and O–H groups in total. The Bertz CT molecular complexity index is 903. The third-order valence-corrected chi connectivity index (χ3v) is 4.09. The van der Waals surface area contributed by atoms with Gasteiger partial charge in [-0.25, -0.2) is 4.98 Å². The Labute approximate surface area is 150 Å². The van der Waals surface area contributed by atoms with E-state index in [1.54, 1.807) is 24.5 Å². The van der Waals surface area contributed by atoms with Gasteiger partial charge in [0.2, 0.25) is 0 Å². The minimum atomic E-state index is -0.789. The normalized spacial score (nSPS) is 10.8. The molecule has 6 heteroatoms. The number of aliphatic carboxylic acids is 1. The van der Waals surface area contributed by atoms with Crippen LogP contribution < -0.4 is 5.32 Å². The van der Waals surface area contributed by atoms with Crippen LogP contribution in [0.2, 0.25) is 0 Å². The van der Waals surface area contributed by atoms with E-state index < -0.39 is 5.97 Å². The molecule has 1 aromatic carbocycles. The Kier molecular flexibility index (Phi) is 5.63. The average molecular weight is 352 g/mol. The lowest BCUT2D eigenvalue weighted by Crippen LogP contribution is -2.24. The van der Waals surface area contributed by atoms with Crippen molar-refractivity contribution in [3.63, 3.8) is 0 Å². The van der Waals surface area contributed by atoms with Crippen LogP contribution in [0.1, 0.15) is 36.0 Å². The smallest absolute Gasteiger partial charge is 0.303 e. The minimum Gasteiger partial charge on any atom is -0.481 e. The highest BCUT2D eigenvalue weighted by atomic mass is 16.4. The van der Waals surface area contributed by atoms with E-state index in [-0.39, 0.29) is 12.3 Å². The number of rotatable bonds is 8. The van der Waals surface area contributed by atoms with Crippen LogP contribution in [0.3, 0.4) is 0 Å². The van der Waals surface area contributed by atoms with Crippen LogP contribution in [0.25, 0.3) is 22.4 Å². The zero-order valence-corrected chi connectivity index (χ0v) is 14.3. The van der Waals surface area contributed by atoms with Gasteiger partial charge in [-0.3, -0.25) is 9.59 Å². The average Bonchev–Trinajstić information content (AvgIpc) is 3.18. The van der Waals surface area contributed by atoms with E-state index in [9.17, 15) is 9.59 Å². The van der Waals surface area contributed by atoms with E-state index in [4.69, 9.17) is 9.52 Å². The molecule has 0 aliphatic carbocycles. The van der Waals surface area contributed by atoms with Crippen LogP contribution in [-0.2, 0) is 4.79 Å². The summed E-state index contributed by atoms with van der Waals surface area (Å²) >= 11 is 0. The maximum Gasteiger partial charge on any atom is 0.303 e. The van der Waals surface area contributed by atoms with Crippen molar-refractivity contribution in [2.45, 2.75) is 25.7 Å². The fourth-order valence-electron chi connectivity index (χ4n) is 2.79. The molecule has 0 atom stereocenters. The number of furan rings is 1. The molecular formula is C20H20N2O4. The van der Waals surface area contributed by atoms with Crippen LogP contribution in [0.15, 0.2) is 53.1 Å². The third-order valence-electron chi connectivity index (χ3n) is 4.09. The van der Waals surface area contributed by atoms with Gasteiger partial charge in [-0.2, -0.15) is 0 Å². The predicted octanol–water partition coefficient (Wildman–Crippen LogP) is 3.87. The van der Waals surface area contributed by atoms with Crippen molar-refractivity contribution in [2.24, 2.45) is 0 Å². The van der Waals surface area contributed by atoms with E-state index >= 15 is 0 Å². The van der Waals surface area contributed by atoms with Gasteiger partial charge in [0, 0.05) is 18.4 Å². The first-order chi connectivity index (χ1) is 12.6. The summed E-state index contributed by atoms with van der Waals surface area (Å²) in [5.41, 5.74) is 1.89. The van der Waals surface area contributed by atoms with E-state index in [1.165, 1.54) is 0 Å². The highest BCUT2D eigenvalue weighted by Gasteiger charge is 2.14. The fourth-order valence-corrected chi connectivity index (χ4v) is 2.79. The molecular weight excluding hydrogens is 332 g/mol. The number of benzene rings is 1. The van der Waals surface area contributed by atoms with Gasteiger partial charge in [0.25, 0.3) is 5.91 Å². The van der Waals surface area contributed by atoms with Crippen molar-refractivity contribution >= 4 is 22.8 Å². The van der Waals surface area contributed by atoms with Gasteiger partial charge in [0.15, 0.2) is 5.76 Å². The van der Waals surface area contributed by atoms with Gasteiger partial charge < -0.3 is 14.8 Å². The van der Waals surface area contributed by atoms with Gasteiger partial charge >= 0.3 is 5.97 Å². The van der Waals surface area contributed by atoms with Crippen LogP contribution in [0.4, 0.5) is 0 Å². The number of pyridine rings is 1. The van der Waals surface area contributed by atoms with E-state index in [0.717, 1.165) is 23.7 Å². The van der Waals surface area contributed by atoms with Gasteiger partial charge in [-0.15, -0.1) is 0 Å². The summed E-state index contributed by atoms with van der Waals surface area (Å²) in [6, 6.07) is 12.8. The molecule has 26 heavy (non-hydrogen) atoms. The monoisotopic (exact) mass is 352 g/mol. The summed E-state index contributed by atoms with van der Waals surface area (Å²) in [6.07, 6.45) is 3.86. The lowest BCUT2D eigenvalue weighted by molar-refractivity contribution is -0.137. The molecule has 134 valence electrons. The standard InChI is InChI=1S/C20H20N2O4/c23-19(24)10-2-1-5-11-21-20(25)15-13-17(18-9-6-12-26-18)22-16-8-4-3-7-14(15)16/h3-4,6-9,12-13H,1-2,5,10-11H2,(H,21,25)(H,23,24). The first kappa shape index (κ1) is 17.7. The molecule has 2 aromatic heterocycles. The second-order valence-electron chi connectivity index (χ2n) is 6.01. The SMILES string of the molecule is O=C(O)CCCCCNC(=O)c1cc(-c2ccco2)nc2ccccc12. The van der Waals surface area contributed by atoms with Crippen LogP contribution in [0.5, 0.6) is 0 Å². The van der Waals surface area contributed by atoms with Crippen LogP contribution in [-0.4, -0.2) is 28.5 Å². The molecule has 0 aliphatic rings. The van der Waals surface area contributed by atoms with Gasteiger partial charge in [0.05, 0.1) is 17.3 Å². The molecule has 0 fully saturated rings. The van der Waals surface area contributed by atoms with E-state index in [2.05, 4.69) is 10.3 Å². The fraction of sp³-hybridized carbons (Fsp3) is 0.250. The van der Waals surface area contributed by atoms with Crippen molar-refractivity contribution in [3.05, 3.63) is 54.3 Å². The minimum absolute atomic E-state index is 0.162. The lowest BCUT2D eigenvalue weighted by atomic mass is 10.1. The molecule has 0 spiro atoms. The second-order valence-corrected chi connectivity index (χ2v) is 6.01.